The van der Waals surface area contributed by atoms with Gasteiger partial charge in [0.15, 0.2) is 6.29 Å². The zero-order chi connectivity index (χ0) is 39.4. The molecular weight excluding hydrogens is 746 g/mol. The van der Waals surface area contributed by atoms with Gasteiger partial charge in [-0.15, -0.1) is 0 Å². The van der Waals surface area contributed by atoms with Crippen molar-refractivity contribution in [3.63, 3.8) is 0 Å². The lowest BCUT2D eigenvalue weighted by molar-refractivity contribution is -0.279. The third-order valence-electron chi connectivity index (χ3n) is 14.1. The molecule has 6 aliphatic carbocycles. The van der Waals surface area contributed by atoms with Gasteiger partial charge in [0.05, 0.1) is 30.0 Å². The number of hydrogen-bond donors (Lipinski definition) is 1. The highest BCUT2D eigenvalue weighted by Gasteiger charge is 2.59. The van der Waals surface area contributed by atoms with Gasteiger partial charge in [-0.3, -0.25) is 18.9 Å². The van der Waals surface area contributed by atoms with E-state index in [2.05, 4.69) is 0 Å². The minimum atomic E-state index is -6.05. The monoisotopic (exact) mass is 800 g/mol. The molecule has 0 amide bonds. The van der Waals surface area contributed by atoms with Crippen LogP contribution >= 0.6 is 0 Å². The summed E-state index contributed by atoms with van der Waals surface area (Å²) in [6, 6.07) is 0. The van der Waals surface area contributed by atoms with Crippen molar-refractivity contribution in [2.24, 2.45) is 58.2 Å². The van der Waals surface area contributed by atoms with Crippen LogP contribution in [0.15, 0.2) is 0 Å². The summed E-state index contributed by atoms with van der Waals surface area (Å²) in [6.07, 6.45) is 9.34. The number of fused-ring (bicyclic) bond motifs is 6. The zero-order valence-electron chi connectivity index (χ0n) is 31.4. The van der Waals surface area contributed by atoms with Crippen molar-refractivity contribution in [1.82, 2.24) is 0 Å². The average Bonchev–Trinajstić information content (AvgIpc) is 3.14. The van der Waals surface area contributed by atoms with Gasteiger partial charge in [-0.05, 0) is 101 Å². The SMILES string of the molecule is C[C@H]1CC2CC(C(=O)OCC3(COC(=O)C45CCCC(CC(C=O)C4)C5)COC(C4CC5CCCC(OC(=O)C(F)(F)S(=O)(=O)O)(C5)C4)OC3)CC(C2)C1=O. The van der Waals surface area contributed by atoms with E-state index in [0.717, 1.165) is 44.8 Å². The summed E-state index contributed by atoms with van der Waals surface area (Å²) in [6.45, 7) is 1.47. The molecule has 9 unspecified atom stereocenters. The fourth-order valence-corrected chi connectivity index (χ4v) is 11.9. The summed E-state index contributed by atoms with van der Waals surface area (Å²) >= 11 is 0. The molecule has 7 fully saturated rings. The molecule has 0 spiro atoms. The Labute approximate surface area is 320 Å². The Morgan fingerprint density at radius 2 is 1.58 bits per heavy atom. The second-order valence-electron chi connectivity index (χ2n) is 18.5. The van der Waals surface area contributed by atoms with Crippen molar-refractivity contribution < 1.29 is 69.4 Å². The minimum absolute atomic E-state index is 0.0173. The molecule has 1 heterocycles. The van der Waals surface area contributed by atoms with Crippen LogP contribution < -0.4 is 0 Å². The molecule has 7 rings (SSSR count). The number of rotatable bonds is 11. The van der Waals surface area contributed by atoms with E-state index in [1.54, 1.807) is 0 Å². The third kappa shape index (κ3) is 8.25. The van der Waals surface area contributed by atoms with Gasteiger partial charge in [0.1, 0.15) is 30.9 Å². The van der Waals surface area contributed by atoms with Crippen molar-refractivity contribution in [3.05, 3.63) is 0 Å². The lowest BCUT2D eigenvalue weighted by Gasteiger charge is -2.50. The number of halogens is 2. The van der Waals surface area contributed by atoms with Gasteiger partial charge < -0.3 is 28.5 Å². The van der Waals surface area contributed by atoms with Gasteiger partial charge in [0.25, 0.3) is 0 Å². The average molecular weight is 801 g/mol. The molecule has 0 radical (unpaired) electrons. The highest BCUT2D eigenvalue weighted by molar-refractivity contribution is 7.87. The van der Waals surface area contributed by atoms with Crippen molar-refractivity contribution in [2.75, 3.05) is 26.4 Å². The molecule has 1 saturated heterocycles. The first-order chi connectivity index (χ1) is 25.9. The molecular formula is C39H54F2O13S. The largest absolute Gasteiger partial charge is 0.465 e. The fourth-order valence-electron chi connectivity index (χ4n) is 11.7. The summed E-state index contributed by atoms with van der Waals surface area (Å²) in [4.78, 5) is 64.5. The Hall–Kier alpha value is -2.56. The molecule has 6 bridgehead atoms. The van der Waals surface area contributed by atoms with Gasteiger partial charge in [-0.2, -0.15) is 17.2 Å². The van der Waals surface area contributed by atoms with E-state index >= 15 is 0 Å². The maximum Gasteiger partial charge on any atom is 0.465 e. The second-order valence-corrected chi connectivity index (χ2v) is 19.9. The number of Topliss-reactive ketones (excluding diaryl/α,β-unsaturated/α-hetero) is 1. The van der Waals surface area contributed by atoms with Crippen LogP contribution in [-0.2, 0) is 57.8 Å². The smallest absolute Gasteiger partial charge is 0.465 e. The molecule has 0 aromatic heterocycles. The van der Waals surface area contributed by atoms with E-state index in [-0.39, 0.29) is 87.0 Å². The van der Waals surface area contributed by atoms with Crippen molar-refractivity contribution in [2.45, 2.75) is 127 Å². The van der Waals surface area contributed by atoms with Crippen molar-refractivity contribution in [3.8, 4) is 0 Å². The minimum Gasteiger partial charge on any atom is -0.465 e. The van der Waals surface area contributed by atoms with E-state index in [9.17, 15) is 41.2 Å². The molecule has 1 N–H and O–H groups in total. The van der Waals surface area contributed by atoms with Crippen LogP contribution in [0.2, 0.25) is 0 Å². The van der Waals surface area contributed by atoms with E-state index in [0.29, 0.717) is 44.9 Å². The van der Waals surface area contributed by atoms with Crippen molar-refractivity contribution >= 4 is 40.1 Å². The first-order valence-corrected chi connectivity index (χ1v) is 21.5. The molecule has 0 aromatic rings. The van der Waals surface area contributed by atoms with Crippen LogP contribution in [0.1, 0.15) is 110 Å². The predicted octanol–water partition coefficient (Wildman–Crippen LogP) is 5.22. The number of aldehydes is 1. The summed E-state index contributed by atoms with van der Waals surface area (Å²) in [5.74, 6) is -3.74. The Kier molecular flexibility index (Phi) is 11.3. The highest BCUT2D eigenvalue weighted by Crippen LogP contribution is 2.53. The van der Waals surface area contributed by atoms with Crippen LogP contribution in [0.5, 0.6) is 0 Å². The van der Waals surface area contributed by atoms with Crippen molar-refractivity contribution in [1.29, 1.82) is 0 Å². The zero-order valence-corrected chi connectivity index (χ0v) is 32.2. The normalized spacial score (nSPS) is 41.7. The number of ketones is 1. The number of carbonyl (C=O) groups excluding carboxylic acids is 5. The number of esters is 3. The molecule has 10 atom stereocenters. The molecule has 1 aliphatic heterocycles. The Morgan fingerprint density at radius 3 is 2.29 bits per heavy atom. The Balaban J connectivity index is 1.04. The van der Waals surface area contributed by atoms with Gasteiger partial charge in [-0.25, -0.2) is 4.79 Å². The second kappa shape index (κ2) is 15.3. The fraction of sp³-hybridized carbons (Fsp3) is 0.872. The lowest BCUT2D eigenvalue weighted by Crippen LogP contribution is -2.55. The van der Waals surface area contributed by atoms with E-state index in [1.165, 1.54) is 0 Å². The van der Waals surface area contributed by atoms with Gasteiger partial charge in [0.2, 0.25) is 0 Å². The third-order valence-corrected chi connectivity index (χ3v) is 15.0. The maximum atomic E-state index is 14.3. The summed E-state index contributed by atoms with van der Waals surface area (Å²) < 4.78 is 90.0. The van der Waals surface area contributed by atoms with E-state index in [1.807, 2.05) is 6.92 Å². The topological polar surface area (TPSA) is 186 Å². The summed E-state index contributed by atoms with van der Waals surface area (Å²) in [5, 5.41) is -5.12. The first kappa shape index (κ1) is 40.6. The summed E-state index contributed by atoms with van der Waals surface area (Å²) in [7, 11) is -6.05. The maximum absolute atomic E-state index is 14.3. The van der Waals surface area contributed by atoms with Crippen LogP contribution in [0, 0.1) is 58.2 Å². The van der Waals surface area contributed by atoms with E-state index in [4.69, 9.17) is 28.2 Å². The standard InChI is InChI=1S/C39H54F2O13S/c1-23-8-26-11-28(31(23)43)13-29(12-26)32(44)50-19-36(22-53-34(45)37-6-2-4-24(14-37)9-27(15-37)18-42)20-51-33(52-21-36)30-10-25-5-3-7-38(16-25,17-30)54-35(46)39(40,41)55(47,48)49/h18,23-30,33H,2-17,19-22H2,1H3,(H,47,48,49)/t23-,24?,25?,26?,27?,28?,29?,30?,33?,36?,37?,38?/m0/s1. The molecule has 6 saturated carbocycles. The molecule has 16 heteroatoms. The summed E-state index contributed by atoms with van der Waals surface area (Å²) in [5.41, 5.74) is -3.28. The lowest BCUT2D eigenvalue weighted by atomic mass is 9.59. The predicted molar refractivity (Wildman–Crippen MR) is 186 cm³/mol. The van der Waals surface area contributed by atoms with E-state index < -0.39 is 67.8 Å². The molecule has 13 nitrogen and oxygen atoms in total. The number of carbonyl (C=O) groups is 5. The van der Waals surface area contributed by atoms with Crippen LogP contribution in [-0.4, -0.2) is 86.5 Å². The Morgan fingerprint density at radius 1 is 0.891 bits per heavy atom. The molecule has 0 aromatic carbocycles. The van der Waals surface area contributed by atoms with Crippen LogP contribution in [0.3, 0.4) is 0 Å². The van der Waals surface area contributed by atoms with Crippen LogP contribution in [0.25, 0.3) is 0 Å². The number of ether oxygens (including phenoxy) is 5. The quantitative estimate of drug-likeness (QED) is 0.124. The first-order valence-electron chi connectivity index (χ1n) is 20.1. The van der Waals surface area contributed by atoms with Gasteiger partial charge in [0, 0.05) is 23.7 Å². The molecule has 308 valence electrons. The number of alkyl halides is 2. The van der Waals surface area contributed by atoms with Crippen LogP contribution in [0.4, 0.5) is 8.78 Å². The van der Waals surface area contributed by atoms with Gasteiger partial charge in [-0.1, -0.05) is 26.2 Å². The number of hydrogen-bond acceptors (Lipinski definition) is 12. The molecule has 55 heavy (non-hydrogen) atoms. The van der Waals surface area contributed by atoms with Gasteiger partial charge >= 0.3 is 33.3 Å². The Bertz CT molecular complexity index is 1630. The highest BCUT2D eigenvalue weighted by atomic mass is 32.2. The molecule has 7 aliphatic rings.